The van der Waals surface area contributed by atoms with E-state index in [1.54, 1.807) is 13.2 Å². The molecule has 1 rings (SSSR count). The highest BCUT2D eigenvalue weighted by molar-refractivity contribution is 7.89. The summed E-state index contributed by atoms with van der Waals surface area (Å²) in [4.78, 5) is 0.111. The summed E-state index contributed by atoms with van der Waals surface area (Å²) in [6.45, 7) is 4.66. The van der Waals surface area contributed by atoms with Gasteiger partial charge in [0.25, 0.3) is 0 Å². The van der Waals surface area contributed by atoms with E-state index in [9.17, 15) is 13.5 Å². The number of aliphatic hydroxyl groups is 1. The SMILES string of the molecule is CCOc1ccc(S(=O)(=O)NCC(C)COC)cc1CO. The zero-order valence-corrected chi connectivity index (χ0v) is 13.4. The van der Waals surface area contributed by atoms with Crippen LogP contribution in [0.5, 0.6) is 5.75 Å². The smallest absolute Gasteiger partial charge is 0.240 e. The first-order valence-corrected chi connectivity index (χ1v) is 8.28. The van der Waals surface area contributed by atoms with Gasteiger partial charge in [0.1, 0.15) is 5.75 Å². The minimum atomic E-state index is -3.61. The summed E-state index contributed by atoms with van der Waals surface area (Å²) in [6.07, 6.45) is 0. The molecular formula is C14H23NO5S. The normalized spacial score (nSPS) is 13.1. The molecule has 21 heavy (non-hydrogen) atoms. The molecule has 0 radical (unpaired) electrons. The molecule has 7 heteroatoms. The molecule has 0 heterocycles. The van der Waals surface area contributed by atoms with Crippen LogP contribution < -0.4 is 9.46 Å². The number of benzene rings is 1. The van der Waals surface area contributed by atoms with Crippen molar-refractivity contribution in [2.24, 2.45) is 5.92 Å². The lowest BCUT2D eigenvalue weighted by Crippen LogP contribution is -2.30. The Kier molecular flexibility index (Phi) is 7.10. The van der Waals surface area contributed by atoms with Gasteiger partial charge in [0, 0.05) is 25.8 Å². The average Bonchev–Trinajstić information content (AvgIpc) is 2.46. The van der Waals surface area contributed by atoms with Gasteiger partial charge < -0.3 is 14.6 Å². The number of nitrogens with one attached hydrogen (secondary N) is 1. The molecule has 6 nitrogen and oxygen atoms in total. The van der Waals surface area contributed by atoms with Crippen LogP contribution in [-0.4, -0.2) is 40.4 Å². The van der Waals surface area contributed by atoms with Crippen LogP contribution in [0.3, 0.4) is 0 Å². The van der Waals surface area contributed by atoms with Crippen molar-refractivity contribution in [2.45, 2.75) is 25.3 Å². The van der Waals surface area contributed by atoms with E-state index in [-0.39, 0.29) is 24.0 Å². The molecular weight excluding hydrogens is 294 g/mol. The number of hydrogen-bond acceptors (Lipinski definition) is 5. The van der Waals surface area contributed by atoms with Crippen molar-refractivity contribution in [3.8, 4) is 5.75 Å². The third-order valence-corrected chi connectivity index (χ3v) is 4.31. The van der Waals surface area contributed by atoms with E-state index in [4.69, 9.17) is 9.47 Å². The molecule has 0 aliphatic carbocycles. The van der Waals surface area contributed by atoms with E-state index >= 15 is 0 Å². The van der Waals surface area contributed by atoms with Crippen LogP contribution >= 0.6 is 0 Å². The number of rotatable bonds is 9. The topological polar surface area (TPSA) is 84.9 Å². The van der Waals surface area contributed by atoms with Crippen molar-refractivity contribution in [2.75, 3.05) is 26.9 Å². The third kappa shape index (κ3) is 5.28. The molecule has 1 aromatic rings. The van der Waals surface area contributed by atoms with Crippen LogP contribution in [-0.2, 0) is 21.4 Å². The van der Waals surface area contributed by atoms with Crippen LogP contribution in [0.1, 0.15) is 19.4 Å². The molecule has 0 fully saturated rings. The number of sulfonamides is 1. The summed E-state index contributed by atoms with van der Waals surface area (Å²) in [6, 6.07) is 4.45. The van der Waals surface area contributed by atoms with Gasteiger partial charge in [0.05, 0.1) is 18.1 Å². The fourth-order valence-corrected chi connectivity index (χ4v) is 3.04. The highest BCUT2D eigenvalue weighted by Crippen LogP contribution is 2.22. The van der Waals surface area contributed by atoms with E-state index < -0.39 is 10.0 Å². The van der Waals surface area contributed by atoms with Gasteiger partial charge in [0.2, 0.25) is 10.0 Å². The van der Waals surface area contributed by atoms with Gasteiger partial charge in [0.15, 0.2) is 0 Å². The molecule has 0 aromatic heterocycles. The predicted octanol–water partition coefficient (Wildman–Crippen LogP) is 1.14. The maximum atomic E-state index is 12.2. The second-order valence-electron chi connectivity index (χ2n) is 4.77. The van der Waals surface area contributed by atoms with Crippen molar-refractivity contribution >= 4 is 10.0 Å². The van der Waals surface area contributed by atoms with Crippen molar-refractivity contribution in [1.29, 1.82) is 0 Å². The van der Waals surface area contributed by atoms with Gasteiger partial charge in [-0.25, -0.2) is 13.1 Å². The molecule has 1 aromatic carbocycles. The van der Waals surface area contributed by atoms with Gasteiger partial charge in [-0.2, -0.15) is 0 Å². The third-order valence-electron chi connectivity index (χ3n) is 2.89. The largest absolute Gasteiger partial charge is 0.494 e. The van der Waals surface area contributed by atoms with Crippen molar-refractivity contribution in [3.63, 3.8) is 0 Å². The molecule has 0 saturated carbocycles. The molecule has 0 saturated heterocycles. The Morgan fingerprint density at radius 2 is 2.10 bits per heavy atom. The number of methoxy groups -OCH3 is 1. The Bertz CT molecular complexity index is 544. The molecule has 0 aliphatic heterocycles. The lowest BCUT2D eigenvalue weighted by molar-refractivity contribution is 0.161. The van der Waals surface area contributed by atoms with E-state index in [2.05, 4.69) is 4.72 Å². The van der Waals surface area contributed by atoms with E-state index in [0.717, 1.165) is 0 Å². The van der Waals surface area contributed by atoms with Crippen molar-refractivity contribution in [1.82, 2.24) is 4.72 Å². The summed E-state index contributed by atoms with van der Waals surface area (Å²) >= 11 is 0. The summed E-state index contributed by atoms with van der Waals surface area (Å²) in [5.74, 6) is 0.566. The first kappa shape index (κ1) is 17.9. The van der Waals surface area contributed by atoms with Gasteiger partial charge in [-0.15, -0.1) is 0 Å². The maximum Gasteiger partial charge on any atom is 0.240 e. The highest BCUT2D eigenvalue weighted by atomic mass is 32.2. The summed E-state index contributed by atoms with van der Waals surface area (Å²) in [5.41, 5.74) is 0.449. The lowest BCUT2D eigenvalue weighted by Gasteiger charge is -2.14. The van der Waals surface area contributed by atoms with E-state index in [0.29, 0.717) is 24.5 Å². The Labute approximate surface area is 126 Å². The summed E-state index contributed by atoms with van der Waals surface area (Å²) in [5, 5.41) is 9.31. The fraction of sp³-hybridized carbons (Fsp3) is 0.571. The Morgan fingerprint density at radius 1 is 1.38 bits per heavy atom. The zero-order chi connectivity index (χ0) is 15.9. The van der Waals surface area contributed by atoms with Crippen LogP contribution in [0.4, 0.5) is 0 Å². The molecule has 0 aliphatic rings. The molecule has 0 bridgehead atoms. The van der Waals surface area contributed by atoms with Gasteiger partial charge >= 0.3 is 0 Å². The first-order valence-electron chi connectivity index (χ1n) is 6.79. The molecule has 120 valence electrons. The van der Waals surface area contributed by atoms with Gasteiger partial charge in [-0.3, -0.25) is 0 Å². The molecule has 1 atom stereocenters. The van der Waals surface area contributed by atoms with E-state index in [1.807, 2.05) is 13.8 Å². The van der Waals surface area contributed by atoms with Crippen LogP contribution in [0, 0.1) is 5.92 Å². The van der Waals surface area contributed by atoms with E-state index in [1.165, 1.54) is 12.1 Å². The minimum Gasteiger partial charge on any atom is -0.494 e. The number of hydrogen-bond donors (Lipinski definition) is 2. The van der Waals surface area contributed by atoms with Crippen molar-refractivity contribution < 1.29 is 23.0 Å². The fourth-order valence-electron chi connectivity index (χ4n) is 1.82. The monoisotopic (exact) mass is 317 g/mol. The zero-order valence-electron chi connectivity index (χ0n) is 12.6. The Hall–Kier alpha value is -1.15. The van der Waals surface area contributed by atoms with Gasteiger partial charge in [-0.1, -0.05) is 6.92 Å². The Balaban J connectivity index is 2.88. The second-order valence-corrected chi connectivity index (χ2v) is 6.54. The standard InChI is InChI=1S/C14H23NO5S/c1-4-20-14-6-5-13(7-12(14)9-16)21(17,18)15-8-11(2)10-19-3/h5-7,11,15-16H,4,8-10H2,1-3H3. The second kappa shape index (κ2) is 8.33. The van der Waals surface area contributed by atoms with Crippen molar-refractivity contribution in [3.05, 3.63) is 23.8 Å². The maximum absolute atomic E-state index is 12.2. The van der Waals surface area contributed by atoms with Crippen LogP contribution in [0.25, 0.3) is 0 Å². The Morgan fingerprint density at radius 3 is 2.67 bits per heavy atom. The number of aliphatic hydroxyl groups excluding tert-OH is 1. The first-order chi connectivity index (χ1) is 9.94. The number of ether oxygens (including phenoxy) is 2. The van der Waals surface area contributed by atoms with Crippen LogP contribution in [0.2, 0.25) is 0 Å². The van der Waals surface area contributed by atoms with Gasteiger partial charge in [-0.05, 0) is 31.0 Å². The van der Waals surface area contributed by atoms with Crippen LogP contribution in [0.15, 0.2) is 23.1 Å². The predicted molar refractivity (Wildman–Crippen MR) is 79.8 cm³/mol. The molecule has 1 unspecified atom stereocenters. The highest BCUT2D eigenvalue weighted by Gasteiger charge is 2.17. The molecule has 2 N–H and O–H groups in total. The minimum absolute atomic E-state index is 0.0739. The average molecular weight is 317 g/mol. The summed E-state index contributed by atoms with van der Waals surface area (Å²) in [7, 11) is -2.04. The lowest BCUT2D eigenvalue weighted by atomic mass is 10.2. The molecule has 0 amide bonds. The molecule has 0 spiro atoms. The summed E-state index contributed by atoms with van der Waals surface area (Å²) < 4.78 is 37.2. The quantitative estimate of drug-likeness (QED) is 0.713.